The van der Waals surface area contributed by atoms with E-state index in [1.165, 1.54) is 0 Å². The van der Waals surface area contributed by atoms with Crippen LogP contribution in [0.15, 0.2) is 91.0 Å². The first-order valence-corrected chi connectivity index (χ1v) is 14.6. The van der Waals surface area contributed by atoms with Gasteiger partial charge in [0.2, 0.25) is 0 Å². The number of hydrogen-bond donors (Lipinski definition) is 0. The zero-order valence-electron chi connectivity index (χ0n) is 21.3. The molecule has 10 heteroatoms. The maximum atomic E-state index is 12.2. The highest BCUT2D eigenvalue weighted by Gasteiger charge is 2.53. The number of benzene rings is 3. The molecule has 0 spiro atoms. The van der Waals surface area contributed by atoms with Gasteiger partial charge in [0.1, 0.15) is 30.5 Å². The van der Waals surface area contributed by atoms with Crippen molar-refractivity contribution in [3.63, 3.8) is 0 Å². The minimum Gasteiger partial charge on any atom is -0.346 e. The molecule has 3 aromatic rings. The topological polar surface area (TPSA) is 98.8 Å². The standard InChI is InChI=1S/C29H30O9S/c1-39(30,31)38-23-18-33-28(20-13-7-3-8-14-20)36-25(23)26-24-22(34-29(37-26)21-15-9-4-10-16-21)17-32-27(35-24)19-11-5-2-6-12-19/h2-16,22-29H,17-18H2,1H3/t22-,23-,24+,25+,26+,27+,28+,29+/m1/s1. The lowest BCUT2D eigenvalue weighted by Gasteiger charge is -2.50. The molecule has 206 valence electrons. The zero-order chi connectivity index (χ0) is 26.8. The molecule has 3 fully saturated rings. The number of ether oxygens (including phenoxy) is 6. The van der Waals surface area contributed by atoms with Gasteiger partial charge >= 0.3 is 0 Å². The average Bonchev–Trinajstić information content (AvgIpc) is 2.97. The van der Waals surface area contributed by atoms with Crippen LogP contribution in [-0.4, -0.2) is 58.4 Å². The van der Waals surface area contributed by atoms with Gasteiger partial charge in [0, 0.05) is 16.7 Å². The Hall–Kier alpha value is -2.67. The van der Waals surface area contributed by atoms with Crippen LogP contribution in [0.4, 0.5) is 0 Å². The van der Waals surface area contributed by atoms with Crippen molar-refractivity contribution in [2.45, 2.75) is 49.4 Å². The summed E-state index contributed by atoms with van der Waals surface area (Å²) in [6.45, 7) is 0.223. The molecular formula is C29H30O9S. The first kappa shape index (κ1) is 26.5. The molecule has 3 heterocycles. The van der Waals surface area contributed by atoms with Gasteiger partial charge in [-0.15, -0.1) is 0 Å². The van der Waals surface area contributed by atoms with Gasteiger partial charge in [0.15, 0.2) is 18.9 Å². The van der Waals surface area contributed by atoms with E-state index in [1.54, 1.807) is 0 Å². The second-order valence-electron chi connectivity index (χ2n) is 9.71. The van der Waals surface area contributed by atoms with Crippen molar-refractivity contribution in [1.82, 2.24) is 0 Å². The normalized spacial score (nSPS) is 33.3. The fraction of sp³-hybridized carbons (Fsp3) is 0.379. The van der Waals surface area contributed by atoms with E-state index in [9.17, 15) is 8.42 Å². The summed E-state index contributed by atoms with van der Waals surface area (Å²) in [5.74, 6) is 0. The Kier molecular flexibility index (Phi) is 7.79. The molecule has 8 atom stereocenters. The summed E-state index contributed by atoms with van der Waals surface area (Å²) in [6.07, 6.45) is -4.91. The van der Waals surface area contributed by atoms with Gasteiger partial charge in [-0.1, -0.05) is 91.0 Å². The highest BCUT2D eigenvalue weighted by atomic mass is 32.2. The number of rotatable bonds is 6. The SMILES string of the molecule is CS(=O)(=O)O[C@@H]1CO[C@H](c2ccccc2)O[C@@H]1[C@H]1O[C@@H](c2ccccc2)O[C@@H]2CO[C@H](c3ccccc3)O[C@H]12. The maximum Gasteiger partial charge on any atom is 0.264 e. The molecule has 0 aliphatic carbocycles. The van der Waals surface area contributed by atoms with Crippen LogP contribution in [0, 0.1) is 0 Å². The van der Waals surface area contributed by atoms with Crippen molar-refractivity contribution < 1.29 is 41.0 Å². The minimum atomic E-state index is -3.84. The molecule has 6 rings (SSSR count). The highest BCUT2D eigenvalue weighted by molar-refractivity contribution is 7.86. The molecule has 0 bridgehead atoms. The lowest BCUT2D eigenvalue weighted by Crippen LogP contribution is -2.62. The second-order valence-corrected chi connectivity index (χ2v) is 11.3. The molecule has 0 saturated carbocycles. The summed E-state index contributed by atoms with van der Waals surface area (Å²) in [5.41, 5.74) is 2.44. The maximum absolute atomic E-state index is 12.2. The van der Waals surface area contributed by atoms with Gasteiger partial charge in [-0.25, -0.2) is 0 Å². The fourth-order valence-corrected chi connectivity index (χ4v) is 5.72. The third kappa shape index (κ3) is 6.08. The molecule has 0 amide bonds. The van der Waals surface area contributed by atoms with Gasteiger partial charge in [0.25, 0.3) is 10.1 Å². The summed E-state index contributed by atoms with van der Waals surface area (Å²) in [6, 6.07) is 28.5. The van der Waals surface area contributed by atoms with E-state index >= 15 is 0 Å². The van der Waals surface area contributed by atoms with Crippen LogP contribution < -0.4 is 0 Å². The first-order chi connectivity index (χ1) is 18.9. The lowest BCUT2D eigenvalue weighted by atomic mass is 9.95. The molecule has 0 unspecified atom stereocenters. The monoisotopic (exact) mass is 554 g/mol. The van der Waals surface area contributed by atoms with Crippen LogP contribution >= 0.6 is 0 Å². The van der Waals surface area contributed by atoms with Crippen molar-refractivity contribution in [1.29, 1.82) is 0 Å². The van der Waals surface area contributed by atoms with E-state index in [0.717, 1.165) is 22.9 Å². The Morgan fingerprint density at radius 2 is 1.05 bits per heavy atom. The van der Waals surface area contributed by atoms with E-state index < -0.39 is 59.5 Å². The van der Waals surface area contributed by atoms with E-state index in [4.69, 9.17) is 32.6 Å². The Labute approximate surface area is 227 Å². The number of fused-ring (bicyclic) bond motifs is 1. The molecule has 0 radical (unpaired) electrons. The molecule has 0 aromatic heterocycles. The van der Waals surface area contributed by atoms with Crippen LogP contribution in [0.2, 0.25) is 0 Å². The van der Waals surface area contributed by atoms with Crippen molar-refractivity contribution in [2.75, 3.05) is 19.5 Å². The fourth-order valence-electron chi connectivity index (χ4n) is 5.11. The molecular weight excluding hydrogens is 524 g/mol. The van der Waals surface area contributed by atoms with Gasteiger partial charge < -0.3 is 28.4 Å². The van der Waals surface area contributed by atoms with Crippen molar-refractivity contribution in [3.05, 3.63) is 108 Å². The molecule has 39 heavy (non-hydrogen) atoms. The Bertz CT molecular complexity index is 1320. The highest BCUT2D eigenvalue weighted by Crippen LogP contribution is 2.42. The number of hydrogen-bond acceptors (Lipinski definition) is 9. The van der Waals surface area contributed by atoms with Gasteiger partial charge in [-0.3, -0.25) is 4.18 Å². The molecule has 3 saturated heterocycles. The van der Waals surface area contributed by atoms with E-state index in [-0.39, 0.29) is 13.2 Å². The van der Waals surface area contributed by atoms with Crippen LogP contribution in [-0.2, 0) is 42.7 Å². The smallest absolute Gasteiger partial charge is 0.264 e. The Morgan fingerprint density at radius 3 is 1.59 bits per heavy atom. The molecule has 0 N–H and O–H groups in total. The molecule has 3 aliphatic heterocycles. The van der Waals surface area contributed by atoms with E-state index in [0.29, 0.717) is 0 Å². The predicted octanol–water partition coefficient (Wildman–Crippen LogP) is 4.04. The summed E-state index contributed by atoms with van der Waals surface area (Å²) in [5, 5.41) is 0. The van der Waals surface area contributed by atoms with Crippen molar-refractivity contribution >= 4 is 10.1 Å². The van der Waals surface area contributed by atoms with E-state index in [2.05, 4.69) is 0 Å². The zero-order valence-corrected chi connectivity index (χ0v) is 22.1. The minimum absolute atomic E-state index is 0.0238. The summed E-state index contributed by atoms with van der Waals surface area (Å²) in [4.78, 5) is 0. The lowest BCUT2D eigenvalue weighted by molar-refractivity contribution is -0.390. The van der Waals surface area contributed by atoms with Gasteiger partial charge in [0.05, 0.1) is 19.5 Å². The largest absolute Gasteiger partial charge is 0.346 e. The summed E-state index contributed by atoms with van der Waals surface area (Å²) >= 11 is 0. The van der Waals surface area contributed by atoms with Crippen LogP contribution in [0.1, 0.15) is 35.6 Å². The van der Waals surface area contributed by atoms with Gasteiger partial charge in [-0.2, -0.15) is 8.42 Å². The average molecular weight is 555 g/mol. The quantitative estimate of drug-likeness (QED) is 0.418. The van der Waals surface area contributed by atoms with Crippen molar-refractivity contribution in [2.24, 2.45) is 0 Å². The van der Waals surface area contributed by atoms with E-state index in [1.807, 2.05) is 91.0 Å². The third-order valence-corrected chi connectivity index (χ3v) is 7.46. The second kappa shape index (κ2) is 11.4. The first-order valence-electron chi connectivity index (χ1n) is 12.8. The van der Waals surface area contributed by atoms with Crippen molar-refractivity contribution in [3.8, 4) is 0 Å². The molecule has 9 nitrogen and oxygen atoms in total. The summed E-state index contributed by atoms with van der Waals surface area (Å²) in [7, 11) is -3.84. The summed E-state index contributed by atoms with van der Waals surface area (Å²) < 4.78 is 67.6. The van der Waals surface area contributed by atoms with Crippen LogP contribution in [0.3, 0.4) is 0 Å². The van der Waals surface area contributed by atoms with Gasteiger partial charge in [-0.05, 0) is 0 Å². The predicted molar refractivity (Wildman–Crippen MR) is 139 cm³/mol. The molecule has 3 aliphatic rings. The molecule has 3 aromatic carbocycles. The Morgan fingerprint density at radius 1 is 0.590 bits per heavy atom. The Balaban J connectivity index is 1.35. The third-order valence-electron chi connectivity index (χ3n) is 6.86. The van der Waals surface area contributed by atoms with Crippen LogP contribution in [0.5, 0.6) is 0 Å². The van der Waals surface area contributed by atoms with Crippen LogP contribution in [0.25, 0.3) is 0 Å².